The second-order valence-electron chi connectivity index (χ2n) is 4.71. The van der Waals surface area contributed by atoms with Crippen LogP contribution in [0.4, 0.5) is 11.4 Å². The van der Waals surface area contributed by atoms with Gasteiger partial charge in [-0.2, -0.15) is 0 Å². The van der Waals surface area contributed by atoms with Gasteiger partial charge < -0.3 is 20.5 Å². The van der Waals surface area contributed by atoms with Crippen molar-refractivity contribution in [1.82, 2.24) is 0 Å². The molecule has 0 aliphatic rings. The number of hydrogen-bond donors (Lipinski definition) is 2. The molecule has 0 radical (unpaired) electrons. The number of hydrogen-bond acceptors (Lipinski definition) is 4. The summed E-state index contributed by atoms with van der Waals surface area (Å²) in [5.41, 5.74) is 8.72. The molecule has 2 rings (SSSR count). The van der Waals surface area contributed by atoms with Gasteiger partial charge in [-0.3, -0.25) is 0 Å². The van der Waals surface area contributed by atoms with Crippen LogP contribution in [-0.4, -0.2) is 20.3 Å². The summed E-state index contributed by atoms with van der Waals surface area (Å²) in [6, 6.07) is 13.7. The maximum absolute atomic E-state index is 5.88. The third-order valence-corrected chi connectivity index (χ3v) is 3.16. The highest BCUT2D eigenvalue weighted by Gasteiger charge is 2.03. The van der Waals surface area contributed by atoms with Crippen LogP contribution in [-0.2, 0) is 6.42 Å². The molecule has 4 heteroatoms. The molecule has 0 fully saturated rings. The van der Waals surface area contributed by atoms with E-state index < -0.39 is 0 Å². The van der Waals surface area contributed by atoms with E-state index in [4.69, 9.17) is 15.2 Å². The van der Waals surface area contributed by atoms with Crippen LogP contribution in [0.5, 0.6) is 11.5 Å². The topological polar surface area (TPSA) is 56.5 Å². The summed E-state index contributed by atoms with van der Waals surface area (Å²) in [6.07, 6.45) is 0.878. The average molecular weight is 286 g/mol. The van der Waals surface area contributed by atoms with E-state index in [9.17, 15) is 0 Å². The molecule has 2 aromatic rings. The number of benzene rings is 2. The smallest absolute Gasteiger partial charge is 0.123 e. The fourth-order valence-corrected chi connectivity index (χ4v) is 2.23. The summed E-state index contributed by atoms with van der Waals surface area (Å²) in [5.74, 6) is 1.71. The Morgan fingerprint density at radius 2 is 1.95 bits per heavy atom. The lowest BCUT2D eigenvalue weighted by molar-refractivity contribution is 0.340. The predicted octanol–water partition coefficient (Wildman–Crippen LogP) is 3.33. The molecule has 0 unspecified atom stereocenters. The minimum Gasteiger partial charge on any atom is -0.496 e. The summed E-state index contributed by atoms with van der Waals surface area (Å²) in [6.45, 7) is 3.39. The zero-order valence-electron chi connectivity index (χ0n) is 12.6. The Balaban J connectivity index is 1.97. The molecule has 0 saturated carbocycles. The SMILES string of the molecule is CCOc1cc(N)cc(NCCc2ccccc2OC)c1. The molecular weight excluding hydrogens is 264 g/mol. The number of nitrogen functional groups attached to an aromatic ring is 1. The quantitative estimate of drug-likeness (QED) is 0.767. The van der Waals surface area contributed by atoms with Crippen molar-refractivity contribution in [3.8, 4) is 11.5 Å². The molecule has 112 valence electrons. The average Bonchev–Trinajstić information content (AvgIpc) is 2.47. The van der Waals surface area contributed by atoms with Crippen molar-refractivity contribution in [1.29, 1.82) is 0 Å². The lowest BCUT2D eigenvalue weighted by atomic mass is 10.1. The molecule has 0 aliphatic heterocycles. The monoisotopic (exact) mass is 286 g/mol. The van der Waals surface area contributed by atoms with Crippen LogP contribution in [0.2, 0.25) is 0 Å². The number of nitrogens with two attached hydrogens (primary N) is 1. The first-order valence-electron chi connectivity index (χ1n) is 7.12. The molecule has 21 heavy (non-hydrogen) atoms. The largest absolute Gasteiger partial charge is 0.496 e. The fourth-order valence-electron chi connectivity index (χ4n) is 2.23. The molecule has 0 saturated heterocycles. The van der Waals surface area contributed by atoms with Gasteiger partial charge in [-0.15, -0.1) is 0 Å². The van der Waals surface area contributed by atoms with Gasteiger partial charge in [0, 0.05) is 30.1 Å². The third kappa shape index (κ3) is 4.31. The van der Waals surface area contributed by atoms with Gasteiger partial charge in [0.2, 0.25) is 0 Å². The van der Waals surface area contributed by atoms with Gasteiger partial charge in [-0.1, -0.05) is 18.2 Å². The van der Waals surface area contributed by atoms with Crippen LogP contribution >= 0.6 is 0 Å². The Labute approximate surface area is 125 Å². The molecule has 2 aromatic carbocycles. The molecule has 3 N–H and O–H groups in total. The van der Waals surface area contributed by atoms with Crippen LogP contribution in [0.15, 0.2) is 42.5 Å². The lowest BCUT2D eigenvalue weighted by Gasteiger charge is -2.12. The molecule has 0 aromatic heterocycles. The Bertz CT molecular complexity index is 585. The van der Waals surface area contributed by atoms with Gasteiger partial charge >= 0.3 is 0 Å². The highest BCUT2D eigenvalue weighted by atomic mass is 16.5. The first-order chi connectivity index (χ1) is 10.2. The standard InChI is InChI=1S/C17H22N2O2/c1-3-21-16-11-14(18)10-15(12-16)19-9-8-13-6-4-5-7-17(13)20-2/h4-7,10-12,19H,3,8-9,18H2,1-2H3. The van der Waals surface area contributed by atoms with Crippen LogP contribution in [0.1, 0.15) is 12.5 Å². The zero-order valence-corrected chi connectivity index (χ0v) is 12.6. The summed E-state index contributed by atoms with van der Waals surface area (Å²) in [5, 5.41) is 3.37. The van der Waals surface area contributed by atoms with Gasteiger partial charge in [0.05, 0.1) is 13.7 Å². The minimum atomic E-state index is 0.629. The van der Waals surface area contributed by atoms with Crippen LogP contribution in [0.3, 0.4) is 0 Å². The first-order valence-corrected chi connectivity index (χ1v) is 7.12. The van der Waals surface area contributed by atoms with E-state index in [-0.39, 0.29) is 0 Å². The fraction of sp³-hybridized carbons (Fsp3) is 0.294. The van der Waals surface area contributed by atoms with Gasteiger partial charge in [-0.05, 0) is 31.0 Å². The van der Waals surface area contributed by atoms with Crippen molar-refractivity contribution in [2.45, 2.75) is 13.3 Å². The molecule has 0 aliphatic carbocycles. The number of anilines is 2. The molecule has 0 heterocycles. The van der Waals surface area contributed by atoms with E-state index in [2.05, 4.69) is 11.4 Å². The number of rotatable bonds is 7. The highest BCUT2D eigenvalue weighted by Crippen LogP contribution is 2.23. The molecule has 0 bridgehead atoms. The molecule has 0 spiro atoms. The van der Waals surface area contributed by atoms with E-state index in [0.29, 0.717) is 12.3 Å². The summed E-state index contributed by atoms with van der Waals surface area (Å²) in [4.78, 5) is 0. The van der Waals surface area contributed by atoms with Gasteiger partial charge in [0.25, 0.3) is 0 Å². The maximum atomic E-state index is 5.88. The zero-order chi connectivity index (χ0) is 15.1. The van der Waals surface area contributed by atoms with E-state index in [1.165, 1.54) is 5.56 Å². The second kappa shape index (κ2) is 7.43. The van der Waals surface area contributed by atoms with E-state index in [1.807, 2.05) is 43.3 Å². The van der Waals surface area contributed by atoms with E-state index >= 15 is 0 Å². The van der Waals surface area contributed by atoms with Crippen molar-refractivity contribution in [3.05, 3.63) is 48.0 Å². The Hall–Kier alpha value is -2.36. The second-order valence-corrected chi connectivity index (χ2v) is 4.71. The van der Waals surface area contributed by atoms with Crippen LogP contribution < -0.4 is 20.5 Å². The van der Waals surface area contributed by atoms with Crippen molar-refractivity contribution in [2.75, 3.05) is 31.3 Å². The highest BCUT2D eigenvalue weighted by molar-refractivity contribution is 5.59. The van der Waals surface area contributed by atoms with Gasteiger partial charge in [0.15, 0.2) is 0 Å². The maximum Gasteiger partial charge on any atom is 0.123 e. The number of para-hydroxylation sites is 1. The number of ether oxygens (including phenoxy) is 2. The van der Waals surface area contributed by atoms with Crippen LogP contribution in [0.25, 0.3) is 0 Å². The van der Waals surface area contributed by atoms with Gasteiger partial charge in [-0.25, -0.2) is 0 Å². The van der Waals surface area contributed by atoms with Crippen molar-refractivity contribution >= 4 is 11.4 Å². The summed E-state index contributed by atoms with van der Waals surface area (Å²) < 4.78 is 10.8. The summed E-state index contributed by atoms with van der Waals surface area (Å²) in [7, 11) is 1.69. The predicted molar refractivity (Wildman–Crippen MR) is 87.2 cm³/mol. The Morgan fingerprint density at radius 1 is 1.14 bits per heavy atom. The molecular formula is C17H22N2O2. The van der Waals surface area contributed by atoms with Crippen molar-refractivity contribution < 1.29 is 9.47 Å². The lowest BCUT2D eigenvalue weighted by Crippen LogP contribution is -2.06. The molecule has 4 nitrogen and oxygen atoms in total. The normalized spacial score (nSPS) is 10.2. The van der Waals surface area contributed by atoms with Crippen molar-refractivity contribution in [3.63, 3.8) is 0 Å². The van der Waals surface area contributed by atoms with Crippen LogP contribution in [0, 0.1) is 0 Å². The molecule has 0 atom stereocenters. The Kier molecular flexibility index (Phi) is 5.32. The van der Waals surface area contributed by atoms with Crippen molar-refractivity contribution in [2.24, 2.45) is 0 Å². The summed E-state index contributed by atoms with van der Waals surface area (Å²) >= 11 is 0. The Morgan fingerprint density at radius 3 is 2.71 bits per heavy atom. The van der Waals surface area contributed by atoms with E-state index in [1.54, 1.807) is 7.11 Å². The molecule has 0 amide bonds. The third-order valence-electron chi connectivity index (χ3n) is 3.16. The minimum absolute atomic E-state index is 0.629. The number of nitrogens with one attached hydrogen (secondary N) is 1. The van der Waals surface area contributed by atoms with E-state index in [0.717, 1.165) is 30.2 Å². The first kappa shape index (κ1) is 15.0. The van der Waals surface area contributed by atoms with Gasteiger partial charge in [0.1, 0.15) is 11.5 Å². The number of methoxy groups -OCH3 is 1.